The van der Waals surface area contributed by atoms with Gasteiger partial charge in [-0.05, 0) is 37.0 Å². The minimum Gasteiger partial charge on any atom is -0.481 e. The lowest BCUT2D eigenvalue weighted by molar-refractivity contribution is -0.144. The summed E-state index contributed by atoms with van der Waals surface area (Å²) in [6.45, 7) is 3.31. The van der Waals surface area contributed by atoms with Gasteiger partial charge in [-0.3, -0.25) is 14.5 Å². The van der Waals surface area contributed by atoms with E-state index in [1.807, 2.05) is 4.90 Å². The predicted octanol–water partition coefficient (Wildman–Crippen LogP) is 2.01. The third-order valence-electron chi connectivity index (χ3n) is 7.40. The van der Waals surface area contributed by atoms with Crippen molar-refractivity contribution in [1.29, 1.82) is 0 Å². The lowest BCUT2D eigenvalue weighted by Gasteiger charge is -2.29. The number of benzene rings is 1. The Hall–Kier alpha value is -3.15. The van der Waals surface area contributed by atoms with E-state index in [2.05, 4.69) is 11.9 Å². The van der Waals surface area contributed by atoms with Gasteiger partial charge in [0.25, 0.3) is 0 Å². The summed E-state index contributed by atoms with van der Waals surface area (Å²) in [6, 6.07) is 3.12. The monoisotopic (exact) mass is 531 g/mol. The Bertz CT molecular complexity index is 1070. The highest BCUT2D eigenvalue weighted by atomic mass is 16.7. The van der Waals surface area contributed by atoms with Crippen molar-refractivity contribution in [3.05, 3.63) is 41.6 Å². The normalized spacial score (nSPS) is 20.7. The maximum atomic E-state index is 13.4. The average molecular weight is 532 g/mol. The van der Waals surface area contributed by atoms with E-state index >= 15 is 0 Å². The summed E-state index contributed by atoms with van der Waals surface area (Å²) in [5.74, 6) is -0.794. The number of aliphatic hydroxyl groups excluding tert-OH is 2. The van der Waals surface area contributed by atoms with Gasteiger partial charge in [0.2, 0.25) is 12.7 Å². The number of aryl methyl sites for hydroxylation is 1. The number of oxazole rings is 1. The number of fused-ring (bicyclic) bond motifs is 1. The molecule has 2 aromatic rings. The van der Waals surface area contributed by atoms with Crippen molar-refractivity contribution in [3.63, 3.8) is 0 Å². The van der Waals surface area contributed by atoms with E-state index in [0.717, 1.165) is 18.4 Å². The van der Waals surface area contributed by atoms with Crippen LogP contribution in [0.4, 0.5) is 0 Å². The van der Waals surface area contributed by atoms with Crippen molar-refractivity contribution in [1.82, 2.24) is 14.8 Å². The molecule has 1 aromatic heterocycles. The Kier molecular flexibility index (Phi) is 9.59. The summed E-state index contributed by atoms with van der Waals surface area (Å²) in [6.07, 6.45) is 6.20. The number of carboxylic acids is 1. The van der Waals surface area contributed by atoms with Gasteiger partial charge in [-0.2, -0.15) is 0 Å². The molecule has 0 spiro atoms. The van der Waals surface area contributed by atoms with Gasteiger partial charge in [0.05, 0.1) is 25.3 Å². The van der Waals surface area contributed by atoms with E-state index in [1.54, 1.807) is 23.2 Å². The number of ether oxygens (including phenoxy) is 2. The van der Waals surface area contributed by atoms with Crippen molar-refractivity contribution >= 4 is 11.9 Å². The average Bonchev–Trinajstić information content (AvgIpc) is 3.67. The van der Waals surface area contributed by atoms with E-state index in [-0.39, 0.29) is 32.5 Å². The first-order valence-corrected chi connectivity index (χ1v) is 13.2. The number of likely N-dealkylation sites (tertiary alicyclic amines) is 1. The van der Waals surface area contributed by atoms with Crippen LogP contribution < -0.4 is 9.47 Å². The summed E-state index contributed by atoms with van der Waals surface area (Å²) >= 11 is 0. The quantitative estimate of drug-likeness (QED) is 0.331. The van der Waals surface area contributed by atoms with Gasteiger partial charge >= 0.3 is 5.97 Å². The Morgan fingerprint density at radius 2 is 2.00 bits per heavy atom. The number of aromatic nitrogens is 1. The maximum absolute atomic E-state index is 13.4. The molecule has 2 aliphatic rings. The molecule has 1 saturated heterocycles. The molecule has 0 unspecified atom stereocenters. The molecular weight excluding hydrogens is 494 g/mol. The first-order valence-electron chi connectivity index (χ1n) is 13.2. The largest absolute Gasteiger partial charge is 0.481 e. The van der Waals surface area contributed by atoms with Crippen molar-refractivity contribution in [2.45, 2.75) is 57.6 Å². The van der Waals surface area contributed by atoms with Gasteiger partial charge < -0.3 is 34.1 Å². The van der Waals surface area contributed by atoms with Gasteiger partial charge in [0.1, 0.15) is 6.26 Å². The van der Waals surface area contributed by atoms with E-state index in [0.29, 0.717) is 61.8 Å². The molecule has 38 heavy (non-hydrogen) atoms. The zero-order valence-electron chi connectivity index (χ0n) is 21.8. The van der Waals surface area contributed by atoms with Gasteiger partial charge in [0.15, 0.2) is 17.4 Å². The number of aliphatic carboxylic acids is 1. The Labute approximate surface area is 222 Å². The molecule has 3 heterocycles. The smallest absolute Gasteiger partial charge is 0.308 e. The van der Waals surface area contributed by atoms with Crippen molar-refractivity contribution < 1.29 is 38.8 Å². The summed E-state index contributed by atoms with van der Waals surface area (Å²) in [7, 11) is 0. The summed E-state index contributed by atoms with van der Waals surface area (Å²) in [4.78, 5) is 34.0. The van der Waals surface area contributed by atoms with Crippen LogP contribution in [0, 0.1) is 5.92 Å². The number of nitrogens with zero attached hydrogens (tertiary/aromatic N) is 3. The molecule has 0 radical (unpaired) electrons. The van der Waals surface area contributed by atoms with Gasteiger partial charge in [-0.1, -0.05) is 13.3 Å². The standard InChI is InChI=1S/C27H37N3O8/c1-2-3-8-29(9-4-10-31)24(33)15-30-14-20(18-12-19(16-32)26-22(13-18)37-17-38-26)25(27(34)35)21(30)5-6-23-28-7-11-36-23/h7,11-13,20-21,25,31-32H,2-6,8-10,14-17H2,1H3,(H,34,35)/t20-,21+,25-/m1/s1. The van der Waals surface area contributed by atoms with Gasteiger partial charge in [0, 0.05) is 50.2 Å². The summed E-state index contributed by atoms with van der Waals surface area (Å²) in [5.41, 5.74) is 1.27. The Morgan fingerprint density at radius 1 is 1.18 bits per heavy atom. The molecule has 0 bridgehead atoms. The van der Waals surface area contributed by atoms with Crippen LogP contribution in [-0.4, -0.2) is 87.6 Å². The van der Waals surface area contributed by atoms with E-state index in [4.69, 9.17) is 13.9 Å². The van der Waals surface area contributed by atoms with Crippen molar-refractivity contribution in [2.75, 3.05) is 39.6 Å². The Balaban J connectivity index is 1.62. The van der Waals surface area contributed by atoms with Crippen molar-refractivity contribution in [3.8, 4) is 11.5 Å². The van der Waals surface area contributed by atoms with Crippen LogP contribution in [0.15, 0.2) is 29.0 Å². The number of hydrogen-bond donors (Lipinski definition) is 3. The number of carboxylic acid groups (broad SMARTS) is 1. The second-order valence-electron chi connectivity index (χ2n) is 9.82. The summed E-state index contributed by atoms with van der Waals surface area (Å²) < 4.78 is 16.4. The lowest BCUT2D eigenvalue weighted by atomic mass is 9.83. The van der Waals surface area contributed by atoms with E-state index in [1.165, 1.54) is 6.26 Å². The number of hydrogen-bond acceptors (Lipinski definition) is 9. The van der Waals surface area contributed by atoms with Crippen LogP contribution in [0.1, 0.15) is 55.5 Å². The van der Waals surface area contributed by atoms with Crippen LogP contribution in [0.5, 0.6) is 11.5 Å². The fourth-order valence-corrected chi connectivity index (χ4v) is 5.52. The number of unbranched alkanes of at least 4 members (excludes halogenated alkanes) is 1. The van der Waals surface area contributed by atoms with Crippen molar-refractivity contribution in [2.24, 2.45) is 5.92 Å². The molecular formula is C27H37N3O8. The highest BCUT2D eigenvalue weighted by Gasteiger charge is 2.47. The molecule has 0 saturated carbocycles. The molecule has 0 aliphatic carbocycles. The fourth-order valence-electron chi connectivity index (χ4n) is 5.52. The first-order chi connectivity index (χ1) is 18.5. The van der Waals surface area contributed by atoms with Gasteiger partial charge in [-0.15, -0.1) is 0 Å². The number of carbonyl (C=O) groups excluding carboxylic acids is 1. The molecule has 4 rings (SSSR count). The third kappa shape index (κ3) is 6.28. The highest BCUT2D eigenvalue weighted by molar-refractivity contribution is 5.79. The maximum Gasteiger partial charge on any atom is 0.308 e. The second kappa shape index (κ2) is 13.1. The fraction of sp³-hybridized carbons (Fsp3) is 0.593. The minimum atomic E-state index is -0.950. The predicted molar refractivity (Wildman–Crippen MR) is 136 cm³/mol. The molecule has 1 aromatic carbocycles. The van der Waals surface area contributed by atoms with E-state index in [9.17, 15) is 24.9 Å². The Morgan fingerprint density at radius 3 is 2.68 bits per heavy atom. The lowest BCUT2D eigenvalue weighted by Crippen LogP contribution is -2.45. The number of amides is 1. The topological polar surface area (TPSA) is 146 Å². The zero-order chi connectivity index (χ0) is 27.1. The van der Waals surface area contributed by atoms with Crippen LogP contribution >= 0.6 is 0 Å². The van der Waals surface area contributed by atoms with Crippen LogP contribution in [0.3, 0.4) is 0 Å². The molecule has 1 fully saturated rings. The number of aliphatic hydroxyl groups is 2. The van der Waals surface area contributed by atoms with Crippen LogP contribution in [0.25, 0.3) is 0 Å². The molecule has 208 valence electrons. The van der Waals surface area contributed by atoms with Crippen LogP contribution in [0.2, 0.25) is 0 Å². The first kappa shape index (κ1) is 27.9. The van der Waals surface area contributed by atoms with E-state index < -0.39 is 23.8 Å². The van der Waals surface area contributed by atoms with Gasteiger partial charge in [-0.25, -0.2) is 4.98 Å². The third-order valence-corrected chi connectivity index (χ3v) is 7.40. The molecule has 3 atom stereocenters. The minimum absolute atomic E-state index is 0.00113. The number of rotatable bonds is 14. The molecule has 11 heteroatoms. The molecule has 2 aliphatic heterocycles. The number of carbonyl (C=O) groups is 2. The molecule has 3 N–H and O–H groups in total. The van der Waals surface area contributed by atoms with Crippen LogP contribution in [-0.2, 0) is 22.6 Å². The molecule has 1 amide bonds. The SMILES string of the molecule is CCCCN(CCCO)C(=O)CN1C[C@H](c2cc(CO)c3c(c2)OCO3)[C@@H](C(=O)O)[C@@H]1CCc1ncco1. The zero-order valence-corrected chi connectivity index (χ0v) is 21.8. The molecule has 11 nitrogen and oxygen atoms in total. The second-order valence-corrected chi connectivity index (χ2v) is 9.82. The summed E-state index contributed by atoms with van der Waals surface area (Å²) in [5, 5.41) is 29.6. The highest BCUT2D eigenvalue weighted by Crippen LogP contribution is 2.44.